The molecule has 1 aromatic heterocycles. The minimum Gasteiger partial charge on any atom is -0.466 e. The van der Waals surface area contributed by atoms with Crippen molar-refractivity contribution in [1.82, 2.24) is 0 Å². The lowest BCUT2D eigenvalue weighted by molar-refractivity contribution is 0.314. The molecule has 0 atom stereocenters. The number of aryl methyl sites for hydroxylation is 2. The highest BCUT2D eigenvalue weighted by Gasteiger charge is 2.18. The largest absolute Gasteiger partial charge is 0.466 e. The summed E-state index contributed by atoms with van der Waals surface area (Å²) in [7, 11) is 0. The van der Waals surface area contributed by atoms with Gasteiger partial charge in [-0.1, -0.05) is 27.2 Å². The Morgan fingerprint density at radius 2 is 1.92 bits per heavy atom. The van der Waals surface area contributed by atoms with Gasteiger partial charge in [0.15, 0.2) is 0 Å². The molecule has 0 aliphatic rings. The highest BCUT2D eigenvalue weighted by atomic mass is 16.3. The molecule has 1 aromatic rings. The summed E-state index contributed by atoms with van der Waals surface area (Å²) in [6.45, 7) is 10.9. The zero-order valence-electron chi connectivity index (χ0n) is 9.40. The van der Waals surface area contributed by atoms with Crippen molar-refractivity contribution in [3.63, 3.8) is 0 Å². The summed E-state index contributed by atoms with van der Waals surface area (Å²) in [5.41, 5.74) is 1.62. The van der Waals surface area contributed by atoms with Crippen LogP contribution in [0, 0.1) is 19.3 Å². The normalized spacial score (nSPS) is 12.1. The number of furan rings is 1. The molecule has 1 rings (SSSR count). The van der Waals surface area contributed by atoms with Gasteiger partial charge in [-0.25, -0.2) is 0 Å². The van der Waals surface area contributed by atoms with Gasteiger partial charge in [-0.05, 0) is 30.9 Å². The van der Waals surface area contributed by atoms with Crippen LogP contribution in [0.1, 0.15) is 44.3 Å². The summed E-state index contributed by atoms with van der Waals surface area (Å²) in [5.74, 6) is 2.18. The minimum absolute atomic E-state index is 0.358. The Balaban J connectivity index is 2.75. The molecule has 0 aromatic carbocycles. The summed E-state index contributed by atoms with van der Waals surface area (Å²) in [6.07, 6.45) is 2.23. The summed E-state index contributed by atoms with van der Waals surface area (Å²) in [6, 6.07) is 2.16. The van der Waals surface area contributed by atoms with E-state index < -0.39 is 0 Å². The maximum atomic E-state index is 5.65. The SMILES string of the molecule is CCC(C)(C)Cc1cc(C)c(C)o1. The maximum Gasteiger partial charge on any atom is 0.104 e. The second kappa shape index (κ2) is 3.57. The van der Waals surface area contributed by atoms with E-state index in [1.54, 1.807) is 0 Å². The van der Waals surface area contributed by atoms with Crippen LogP contribution in [-0.4, -0.2) is 0 Å². The first kappa shape index (κ1) is 10.4. The van der Waals surface area contributed by atoms with Gasteiger partial charge in [0.1, 0.15) is 11.5 Å². The second-order valence-electron chi connectivity index (χ2n) is 4.65. The zero-order chi connectivity index (χ0) is 10.1. The van der Waals surface area contributed by atoms with Gasteiger partial charge >= 0.3 is 0 Å². The molecule has 0 bridgehead atoms. The third-order valence-electron chi connectivity index (χ3n) is 2.83. The van der Waals surface area contributed by atoms with Crippen molar-refractivity contribution in [3.05, 3.63) is 23.2 Å². The van der Waals surface area contributed by atoms with E-state index in [9.17, 15) is 0 Å². The van der Waals surface area contributed by atoms with Crippen molar-refractivity contribution in [3.8, 4) is 0 Å². The molecule has 0 radical (unpaired) electrons. The molecule has 1 heterocycles. The molecular weight excluding hydrogens is 160 g/mol. The average molecular weight is 180 g/mol. The fraction of sp³-hybridized carbons (Fsp3) is 0.667. The van der Waals surface area contributed by atoms with Crippen LogP contribution in [0.25, 0.3) is 0 Å². The molecular formula is C12H20O. The van der Waals surface area contributed by atoms with Gasteiger partial charge in [0.25, 0.3) is 0 Å². The molecule has 0 amide bonds. The van der Waals surface area contributed by atoms with Gasteiger partial charge in [0.05, 0.1) is 0 Å². The number of rotatable bonds is 3. The summed E-state index contributed by atoms with van der Waals surface area (Å²) >= 11 is 0. The van der Waals surface area contributed by atoms with Gasteiger partial charge in [0.2, 0.25) is 0 Å². The van der Waals surface area contributed by atoms with Crippen molar-refractivity contribution < 1.29 is 4.42 Å². The fourth-order valence-electron chi connectivity index (χ4n) is 1.33. The lowest BCUT2D eigenvalue weighted by atomic mass is 9.85. The molecule has 0 saturated carbocycles. The highest BCUT2D eigenvalue weighted by molar-refractivity contribution is 5.19. The summed E-state index contributed by atoms with van der Waals surface area (Å²) < 4.78 is 5.65. The topological polar surface area (TPSA) is 13.1 Å². The molecule has 0 spiro atoms. The minimum atomic E-state index is 0.358. The first-order chi connectivity index (χ1) is 5.94. The Kier molecular flexibility index (Phi) is 2.84. The molecule has 13 heavy (non-hydrogen) atoms. The number of hydrogen-bond acceptors (Lipinski definition) is 1. The van der Waals surface area contributed by atoms with Crippen LogP contribution in [0.5, 0.6) is 0 Å². The Hall–Kier alpha value is -0.720. The van der Waals surface area contributed by atoms with Crippen molar-refractivity contribution >= 4 is 0 Å². The van der Waals surface area contributed by atoms with E-state index in [2.05, 4.69) is 33.8 Å². The Labute approximate surface area is 81.1 Å². The Bertz CT molecular complexity index is 262. The van der Waals surface area contributed by atoms with E-state index in [1.807, 2.05) is 6.92 Å². The third-order valence-corrected chi connectivity index (χ3v) is 2.83. The first-order valence-electron chi connectivity index (χ1n) is 5.00. The van der Waals surface area contributed by atoms with E-state index in [0.29, 0.717) is 5.41 Å². The molecule has 1 heteroatoms. The molecule has 0 N–H and O–H groups in total. The van der Waals surface area contributed by atoms with E-state index in [1.165, 1.54) is 12.0 Å². The zero-order valence-corrected chi connectivity index (χ0v) is 9.40. The van der Waals surface area contributed by atoms with Crippen LogP contribution >= 0.6 is 0 Å². The van der Waals surface area contributed by atoms with Crippen molar-refractivity contribution in [2.45, 2.75) is 47.5 Å². The van der Waals surface area contributed by atoms with Crippen molar-refractivity contribution in [1.29, 1.82) is 0 Å². The van der Waals surface area contributed by atoms with E-state index in [4.69, 9.17) is 4.42 Å². The second-order valence-corrected chi connectivity index (χ2v) is 4.65. The van der Waals surface area contributed by atoms with E-state index >= 15 is 0 Å². The quantitative estimate of drug-likeness (QED) is 0.688. The first-order valence-corrected chi connectivity index (χ1v) is 5.00. The molecule has 0 aliphatic heterocycles. The summed E-state index contributed by atoms with van der Waals surface area (Å²) in [5, 5.41) is 0. The molecule has 0 unspecified atom stereocenters. The van der Waals surface area contributed by atoms with Crippen LogP contribution in [0.4, 0.5) is 0 Å². The standard InChI is InChI=1S/C12H20O/c1-6-12(4,5)8-11-7-9(2)10(3)13-11/h7H,6,8H2,1-5H3. The average Bonchev–Trinajstić information content (AvgIpc) is 2.30. The molecule has 0 saturated heterocycles. The molecule has 74 valence electrons. The maximum absolute atomic E-state index is 5.65. The van der Waals surface area contributed by atoms with Crippen molar-refractivity contribution in [2.75, 3.05) is 0 Å². The van der Waals surface area contributed by atoms with Crippen LogP contribution in [-0.2, 0) is 6.42 Å². The van der Waals surface area contributed by atoms with Crippen LogP contribution in [0.15, 0.2) is 10.5 Å². The Morgan fingerprint density at radius 1 is 1.31 bits per heavy atom. The van der Waals surface area contributed by atoms with Crippen LogP contribution < -0.4 is 0 Å². The predicted molar refractivity (Wildman–Crippen MR) is 56.0 cm³/mol. The van der Waals surface area contributed by atoms with Gasteiger partial charge in [-0.15, -0.1) is 0 Å². The highest BCUT2D eigenvalue weighted by Crippen LogP contribution is 2.27. The molecule has 0 fully saturated rings. The van der Waals surface area contributed by atoms with Crippen molar-refractivity contribution in [2.24, 2.45) is 5.41 Å². The van der Waals surface area contributed by atoms with Gasteiger partial charge in [0, 0.05) is 6.42 Å². The lowest BCUT2D eigenvalue weighted by Gasteiger charge is -2.20. The number of hydrogen-bond donors (Lipinski definition) is 0. The molecule has 1 nitrogen and oxygen atoms in total. The predicted octanol–water partition coefficient (Wildman–Crippen LogP) is 3.88. The Morgan fingerprint density at radius 3 is 2.31 bits per heavy atom. The van der Waals surface area contributed by atoms with Gasteiger partial charge < -0.3 is 4.42 Å². The monoisotopic (exact) mass is 180 g/mol. The van der Waals surface area contributed by atoms with Gasteiger partial charge in [-0.2, -0.15) is 0 Å². The van der Waals surface area contributed by atoms with Gasteiger partial charge in [-0.3, -0.25) is 0 Å². The lowest BCUT2D eigenvalue weighted by Crippen LogP contribution is -2.12. The van der Waals surface area contributed by atoms with Crippen LogP contribution in [0.3, 0.4) is 0 Å². The smallest absolute Gasteiger partial charge is 0.104 e. The summed E-state index contributed by atoms with van der Waals surface area (Å²) in [4.78, 5) is 0. The van der Waals surface area contributed by atoms with E-state index in [0.717, 1.165) is 17.9 Å². The van der Waals surface area contributed by atoms with Crippen LogP contribution in [0.2, 0.25) is 0 Å². The molecule has 0 aliphatic carbocycles. The third kappa shape index (κ3) is 2.61. The fourth-order valence-corrected chi connectivity index (χ4v) is 1.33. The van der Waals surface area contributed by atoms with E-state index in [-0.39, 0.29) is 0 Å².